The van der Waals surface area contributed by atoms with Crippen LogP contribution in [0.25, 0.3) is 0 Å². The number of imide groups is 1. The topological polar surface area (TPSA) is 78.5 Å². The highest BCUT2D eigenvalue weighted by Gasteiger charge is 2.49. The number of anilines is 1. The molecule has 0 bridgehead atoms. The summed E-state index contributed by atoms with van der Waals surface area (Å²) in [6.45, 7) is 1.25. The number of carbonyl (C=O) groups is 3. The number of nitrogens with one attached hydrogen (secondary N) is 2. The summed E-state index contributed by atoms with van der Waals surface area (Å²) in [4.78, 5) is 38.0. The Bertz CT molecular complexity index is 840. The molecule has 3 rings (SSSR count). The molecule has 7 heteroatoms. The number of hydrogen-bond donors (Lipinski definition) is 2. The molecule has 0 aliphatic carbocycles. The Morgan fingerprint density at radius 2 is 1.88 bits per heavy atom. The van der Waals surface area contributed by atoms with E-state index in [9.17, 15) is 14.4 Å². The highest BCUT2D eigenvalue weighted by atomic mass is 35.5. The van der Waals surface area contributed by atoms with Crippen LogP contribution in [0.4, 0.5) is 10.5 Å². The summed E-state index contributed by atoms with van der Waals surface area (Å²) in [5.41, 5.74) is -0.0317. The van der Waals surface area contributed by atoms with E-state index in [0.717, 1.165) is 4.90 Å². The molecular weight excluding hydrogens is 342 g/mol. The Morgan fingerprint density at radius 1 is 1.16 bits per heavy atom. The third-order valence-electron chi connectivity index (χ3n) is 4.04. The number of nitrogens with zero attached hydrogens (tertiary/aromatic N) is 1. The molecule has 0 saturated carbocycles. The van der Waals surface area contributed by atoms with E-state index >= 15 is 0 Å². The van der Waals surface area contributed by atoms with Crippen molar-refractivity contribution in [3.63, 3.8) is 0 Å². The van der Waals surface area contributed by atoms with Gasteiger partial charge in [0.15, 0.2) is 0 Å². The van der Waals surface area contributed by atoms with E-state index in [0.29, 0.717) is 16.3 Å². The highest BCUT2D eigenvalue weighted by molar-refractivity contribution is 6.30. The van der Waals surface area contributed by atoms with Crippen LogP contribution < -0.4 is 10.6 Å². The van der Waals surface area contributed by atoms with Crippen LogP contribution in [-0.2, 0) is 15.1 Å². The van der Waals surface area contributed by atoms with Gasteiger partial charge in [-0.3, -0.25) is 14.5 Å². The summed E-state index contributed by atoms with van der Waals surface area (Å²) in [5, 5.41) is 5.76. The van der Waals surface area contributed by atoms with Crippen LogP contribution in [0.1, 0.15) is 12.5 Å². The number of hydrogen-bond acceptors (Lipinski definition) is 3. The first-order chi connectivity index (χ1) is 11.9. The van der Waals surface area contributed by atoms with Gasteiger partial charge in [0.05, 0.1) is 0 Å². The lowest BCUT2D eigenvalue weighted by Gasteiger charge is -2.22. The van der Waals surface area contributed by atoms with Gasteiger partial charge >= 0.3 is 6.03 Å². The largest absolute Gasteiger partial charge is 0.325 e. The standard InChI is InChI=1S/C18H16ClN3O3/c1-18(12-6-3-2-4-7-12)16(24)22(17(25)21-18)11-15(23)20-14-9-5-8-13(19)10-14/h2-10H,11H2,1H3,(H,20,23)(H,21,25)/t18-/m0/s1. The fraction of sp³-hybridized carbons (Fsp3) is 0.167. The molecule has 0 radical (unpaired) electrons. The van der Waals surface area contributed by atoms with Gasteiger partial charge in [0.1, 0.15) is 12.1 Å². The van der Waals surface area contributed by atoms with E-state index in [-0.39, 0.29) is 6.54 Å². The third-order valence-corrected chi connectivity index (χ3v) is 4.27. The average molecular weight is 358 g/mol. The van der Waals surface area contributed by atoms with Crippen LogP contribution in [0.3, 0.4) is 0 Å². The maximum Gasteiger partial charge on any atom is 0.325 e. The molecule has 1 saturated heterocycles. The number of urea groups is 1. The lowest BCUT2D eigenvalue weighted by Crippen LogP contribution is -2.42. The SMILES string of the molecule is C[C@@]1(c2ccccc2)NC(=O)N(CC(=O)Nc2cccc(Cl)c2)C1=O. The average Bonchev–Trinajstić information content (AvgIpc) is 2.80. The van der Waals surface area contributed by atoms with E-state index in [1.165, 1.54) is 0 Å². The molecule has 2 aromatic carbocycles. The molecule has 0 spiro atoms. The summed E-state index contributed by atoms with van der Waals surface area (Å²) in [6, 6.07) is 14.9. The Hall–Kier alpha value is -2.86. The first-order valence-electron chi connectivity index (χ1n) is 7.65. The van der Waals surface area contributed by atoms with Crippen molar-refractivity contribution in [2.75, 3.05) is 11.9 Å². The maximum atomic E-state index is 12.7. The number of carbonyl (C=O) groups excluding carboxylic acids is 3. The first-order valence-corrected chi connectivity index (χ1v) is 8.03. The quantitative estimate of drug-likeness (QED) is 0.826. The molecule has 1 heterocycles. The molecule has 1 atom stereocenters. The normalized spacial score (nSPS) is 19.7. The van der Waals surface area contributed by atoms with Gasteiger partial charge in [-0.25, -0.2) is 4.79 Å². The first kappa shape index (κ1) is 17.0. The molecular formula is C18H16ClN3O3. The lowest BCUT2D eigenvalue weighted by molar-refractivity contribution is -0.133. The molecule has 1 fully saturated rings. The van der Waals surface area contributed by atoms with Crippen molar-refractivity contribution in [1.82, 2.24) is 10.2 Å². The smallest absolute Gasteiger partial charge is 0.324 e. The highest BCUT2D eigenvalue weighted by Crippen LogP contribution is 2.28. The minimum absolute atomic E-state index is 0.375. The fourth-order valence-corrected chi connectivity index (χ4v) is 2.91. The van der Waals surface area contributed by atoms with Crippen LogP contribution in [0.2, 0.25) is 5.02 Å². The maximum absolute atomic E-state index is 12.7. The second kappa shape index (κ2) is 6.57. The van der Waals surface area contributed by atoms with Gasteiger partial charge in [0, 0.05) is 10.7 Å². The van der Waals surface area contributed by atoms with Gasteiger partial charge in [0.2, 0.25) is 5.91 Å². The molecule has 0 unspecified atom stereocenters. The summed E-state index contributed by atoms with van der Waals surface area (Å²) < 4.78 is 0. The molecule has 4 amide bonds. The fourth-order valence-electron chi connectivity index (χ4n) is 2.72. The van der Waals surface area contributed by atoms with Crippen molar-refractivity contribution >= 4 is 35.1 Å². The van der Waals surface area contributed by atoms with E-state index in [2.05, 4.69) is 10.6 Å². The molecule has 128 valence electrons. The van der Waals surface area contributed by atoms with Crippen molar-refractivity contribution in [1.29, 1.82) is 0 Å². The van der Waals surface area contributed by atoms with E-state index < -0.39 is 23.4 Å². The van der Waals surface area contributed by atoms with Crippen molar-refractivity contribution in [3.05, 3.63) is 65.2 Å². The summed E-state index contributed by atoms with van der Waals surface area (Å²) in [5.74, 6) is -0.951. The molecule has 2 aromatic rings. The predicted molar refractivity (Wildman–Crippen MR) is 94.1 cm³/mol. The number of rotatable bonds is 4. The van der Waals surface area contributed by atoms with Crippen LogP contribution in [-0.4, -0.2) is 29.3 Å². The molecule has 2 N–H and O–H groups in total. The van der Waals surface area contributed by atoms with Gasteiger partial charge < -0.3 is 10.6 Å². The Labute approximate surface area is 149 Å². The van der Waals surface area contributed by atoms with E-state index in [4.69, 9.17) is 11.6 Å². The second-order valence-electron chi connectivity index (χ2n) is 5.87. The Balaban J connectivity index is 1.74. The summed E-state index contributed by atoms with van der Waals surface area (Å²) >= 11 is 5.87. The second-order valence-corrected chi connectivity index (χ2v) is 6.31. The molecule has 1 aliphatic rings. The number of halogens is 1. The van der Waals surface area contributed by atoms with E-state index in [1.54, 1.807) is 55.5 Å². The number of benzene rings is 2. The van der Waals surface area contributed by atoms with Crippen molar-refractivity contribution in [3.8, 4) is 0 Å². The lowest BCUT2D eigenvalue weighted by atomic mass is 9.92. The van der Waals surface area contributed by atoms with Crippen LogP contribution in [0.15, 0.2) is 54.6 Å². The van der Waals surface area contributed by atoms with Crippen molar-refractivity contribution in [2.45, 2.75) is 12.5 Å². The predicted octanol–water partition coefficient (Wildman–Crippen LogP) is 2.75. The van der Waals surface area contributed by atoms with Gasteiger partial charge in [-0.05, 0) is 30.7 Å². The minimum atomic E-state index is -1.19. The van der Waals surface area contributed by atoms with Crippen LogP contribution in [0, 0.1) is 0 Å². The summed E-state index contributed by atoms with van der Waals surface area (Å²) in [7, 11) is 0. The third kappa shape index (κ3) is 3.34. The summed E-state index contributed by atoms with van der Waals surface area (Å²) in [6.07, 6.45) is 0. The number of amides is 4. The van der Waals surface area contributed by atoms with Crippen molar-refractivity contribution < 1.29 is 14.4 Å². The van der Waals surface area contributed by atoms with Crippen LogP contribution in [0.5, 0.6) is 0 Å². The van der Waals surface area contributed by atoms with Gasteiger partial charge in [0.25, 0.3) is 5.91 Å². The molecule has 1 aliphatic heterocycles. The monoisotopic (exact) mass is 357 g/mol. The Morgan fingerprint density at radius 3 is 2.56 bits per heavy atom. The van der Waals surface area contributed by atoms with E-state index in [1.807, 2.05) is 6.07 Å². The molecule has 6 nitrogen and oxygen atoms in total. The van der Waals surface area contributed by atoms with Gasteiger partial charge in [-0.2, -0.15) is 0 Å². The van der Waals surface area contributed by atoms with Crippen LogP contribution >= 0.6 is 11.6 Å². The zero-order valence-corrected chi connectivity index (χ0v) is 14.2. The van der Waals surface area contributed by atoms with Gasteiger partial charge in [-0.15, -0.1) is 0 Å². The minimum Gasteiger partial charge on any atom is -0.324 e. The zero-order valence-electron chi connectivity index (χ0n) is 13.5. The molecule has 0 aromatic heterocycles. The van der Waals surface area contributed by atoms with Gasteiger partial charge in [-0.1, -0.05) is 48.0 Å². The Kier molecular flexibility index (Phi) is 4.46. The molecule has 25 heavy (non-hydrogen) atoms. The zero-order chi connectivity index (χ0) is 18.0. The van der Waals surface area contributed by atoms with Crippen molar-refractivity contribution in [2.24, 2.45) is 0 Å².